The third-order valence-corrected chi connectivity index (χ3v) is 3.43. The second-order valence-corrected chi connectivity index (χ2v) is 4.93. The molecule has 0 aliphatic carbocycles. The summed E-state index contributed by atoms with van der Waals surface area (Å²) in [6, 6.07) is 14.1. The van der Waals surface area contributed by atoms with Gasteiger partial charge < -0.3 is 10.6 Å². The third kappa shape index (κ3) is 4.13. The second-order valence-electron chi connectivity index (χ2n) is 4.93. The fraction of sp³-hybridized carbons (Fsp3) is 0.235. The Morgan fingerprint density at radius 3 is 2.29 bits per heavy atom. The molecule has 1 amide bonds. The third-order valence-electron chi connectivity index (χ3n) is 3.43. The van der Waals surface area contributed by atoms with Crippen molar-refractivity contribution >= 4 is 5.91 Å². The van der Waals surface area contributed by atoms with Crippen LogP contribution in [-0.4, -0.2) is 13.0 Å². The van der Waals surface area contributed by atoms with Crippen LogP contribution in [0.1, 0.15) is 34.5 Å². The average Bonchev–Trinajstić information content (AvgIpc) is 2.53. The molecular weight excluding hydrogens is 267 g/mol. The molecule has 3 nitrogen and oxygen atoms in total. The van der Waals surface area contributed by atoms with Gasteiger partial charge in [0.2, 0.25) is 0 Å². The van der Waals surface area contributed by atoms with Crippen molar-refractivity contribution in [3.63, 3.8) is 0 Å². The molecule has 4 heteroatoms. The highest BCUT2D eigenvalue weighted by Gasteiger charge is 2.06. The maximum Gasteiger partial charge on any atom is 0.251 e. The molecule has 0 radical (unpaired) electrons. The smallest absolute Gasteiger partial charge is 0.251 e. The van der Waals surface area contributed by atoms with Gasteiger partial charge >= 0.3 is 0 Å². The predicted octanol–water partition coefficient (Wildman–Crippen LogP) is 3.04. The van der Waals surface area contributed by atoms with Crippen molar-refractivity contribution in [1.82, 2.24) is 10.6 Å². The molecule has 0 bridgehead atoms. The highest BCUT2D eigenvalue weighted by atomic mass is 19.1. The van der Waals surface area contributed by atoms with Crippen LogP contribution in [0.15, 0.2) is 48.5 Å². The van der Waals surface area contributed by atoms with Gasteiger partial charge in [0, 0.05) is 25.2 Å². The van der Waals surface area contributed by atoms with Gasteiger partial charge in [0.1, 0.15) is 5.82 Å². The first kappa shape index (κ1) is 15.2. The fourth-order valence-corrected chi connectivity index (χ4v) is 2.06. The highest BCUT2D eigenvalue weighted by Crippen LogP contribution is 2.14. The minimum absolute atomic E-state index is 0.0887. The van der Waals surface area contributed by atoms with E-state index < -0.39 is 0 Å². The van der Waals surface area contributed by atoms with E-state index in [0.29, 0.717) is 12.1 Å². The first-order chi connectivity index (χ1) is 10.1. The van der Waals surface area contributed by atoms with Crippen LogP contribution in [-0.2, 0) is 6.54 Å². The van der Waals surface area contributed by atoms with E-state index in [-0.39, 0.29) is 17.8 Å². The summed E-state index contributed by atoms with van der Waals surface area (Å²) in [5.74, 6) is -0.315. The van der Waals surface area contributed by atoms with Crippen molar-refractivity contribution in [1.29, 1.82) is 0 Å². The van der Waals surface area contributed by atoms with E-state index in [1.807, 2.05) is 19.1 Å². The maximum atomic E-state index is 12.9. The lowest BCUT2D eigenvalue weighted by atomic mass is 10.1. The molecule has 1 atom stereocenters. The van der Waals surface area contributed by atoms with Crippen molar-refractivity contribution in [2.75, 3.05) is 7.05 Å². The van der Waals surface area contributed by atoms with Gasteiger partial charge in [-0.25, -0.2) is 4.39 Å². The first-order valence-corrected chi connectivity index (χ1v) is 6.90. The molecule has 2 N–H and O–H groups in total. The van der Waals surface area contributed by atoms with Gasteiger partial charge in [-0.3, -0.25) is 4.79 Å². The van der Waals surface area contributed by atoms with Crippen LogP contribution in [0.4, 0.5) is 4.39 Å². The monoisotopic (exact) mass is 286 g/mol. The summed E-state index contributed by atoms with van der Waals surface area (Å²) >= 11 is 0. The molecule has 0 fully saturated rings. The summed E-state index contributed by atoms with van der Waals surface area (Å²) in [4.78, 5) is 11.4. The Morgan fingerprint density at radius 2 is 1.71 bits per heavy atom. The molecule has 110 valence electrons. The number of benzene rings is 2. The first-order valence-electron chi connectivity index (χ1n) is 6.90. The van der Waals surface area contributed by atoms with Crippen molar-refractivity contribution in [3.8, 4) is 0 Å². The summed E-state index contributed by atoms with van der Waals surface area (Å²) in [6.07, 6.45) is 0. The molecule has 0 saturated heterocycles. The van der Waals surface area contributed by atoms with Gasteiger partial charge in [0.25, 0.3) is 5.91 Å². The number of nitrogens with one attached hydrogen (secondary N) is 2. The zero-order chi connectivity index (χ0) is 15.2. The summed E-state index contributed by atoms with van der Waals surface area (Å²) in [7, 11) is 1.61. The van der Waals surface area contributed by atoms with Gasteiger partial charge in [-0.05, 0) is 42.3 Å². The molecule has 2 aromatic rings. The number of carbonyl (C=O) groups is 1. The summed E-state index contributed by atoms with van der Waals surface area (Å²) in [5, 5.41) is 5.97. The largest absolute Gasteiger partial charge is 0.355 e. The minimum Gasteiger partial charge on any atom is -0.355 e. The van der Waals surface area contributed by atoms with E-state index in [0.717, 1.165) is 11.1 Å². The van der Waals surface area contributed by atoms with E-state index in [4.69, 9.17) is 0 Å². The number of hydrogen-bond acceptors (Lipinski definition) is 2. The Hall–Kier alpha value is -2.20. The van der Waals surface area contributed by atoms with Crippen LogP contribution in [0.5, 0.6) is 0 Å². The number of halogens is 1. The van der Waals surface area contributed by atoms with Crippen LogP contribution in [0.2, 0.25) is 0 Å². The number of rotatable bonds is 5. The minimum atomic E-state index is -0.226. The van der Waals surface area contributed by atoms with E-state index in [1.165, 1.54) is 12.1 Å². The van der Waals surface area contributed by atoms with Crippen molar-refractivity contribution in [3.05, 3.63) is 71.0 Å². The van der Waals surface area contributed by atoms with Crippen LogP contribution < -0.4 is 10.6 Å². The summed E-state index contributed by atoms with van der Waals surface area (Å²) in [6.45, 7) is 2.72. The molecular formula is C17H19FN2O. The van der Waals surface area contributed by atoms with Crippen LogP contribution in [0.3, 0.4) is 0 Å². The van der Waals surface area contributed by atoms with E-state index >= 15 is 0 Å². The zero-order valence-corrected chi connectivity index (χ0v) is 12.2. The lowest BCUT2D eigenvalue weighted by Gasteiger charge is -2.14. The van der Waals surface area contributed by atoms with Crippen molar-refractivity contribution < 1.29 is 9.18 Å². The molecule has 0 aromatic heterocycles. The molecule has 21 heavy (non-hydrogen) atoms. The van der Waals surface area contributed by atoms with E-state index in [9.17, 15) is 9.18 Å². The quantitative estimate of drug-likeness (QED) is 0.887. The van der Waals surface area contributed by atoms with Gasteiger partial charge in [-0.15, -0.1) is 0 Å². The Kier molecular flexibility index (Phi) is 5.06. The van der Waals surface area contributed by atoms with Gasteiger partial charge in [0.05, 0.1) is 0 Å². The van der Waals surface area contributed by atoms with Gasteiger partial charge in [0.15, 0.2) is 0 Å². The Morgan fingerprint density at radius 1 is 1.10 bits per heavy atom. The van der Waals surface area contributed by atoms with Gasteiger partial charge in [-0.1, -0.05) is 24.3 Å². The van der Waals surface area contributed by atoms with Crippen LogP contribution in [0.25, 0.3) is 0 Å². The van der Waals surface area contributed by atoms with E-state index in [1.54, 1.807) is 31.3 Å². The molecule has 2 aromatic carbocycles. The molecule has 0 aliphatic heterocycles. The average molecular weight is 286 g/mol. The van der Waals surface area contributed by atoms with Gasteiger partial charge in [-0.2, -0.15) is 0 Å². The topological polar surface area (TPSA) is 41.1 Å². The van der Waals surface area contributed by atoms with Crippen LogP contribution in [0, 0.1) is 5.82 Å². The molecule has 2 rings (SSSR count). The lowest BCUT2D eigenvalue weighted by Crippen LogP contribution is -2.19. The number of carbonyl (C=O) groups excluding carboxylic acids is 1. The summed E-state index contributed by atoms with van der Waals surface area (Å²) in [5.41, 5.74) is 2.78. The van der Waals surface area contributed by atoms with Crippen molar-refractivity contribution in [2.24, 2.45) is 0 Å². The molecule has 0 spiro atoms. The standard InChI is InChI=1S/C17H19FN2O/c1-12(14-7-9-16(18)10-8-14)20-11-13-3-5-15(6-4-13)17(21)19-2/h3-10,12,20H,11H2,1-2H3,(H,19,21). The normalized spacial score (nSPS) is 12.0. The SMILES string of the molecule is CNC(=O)c1ccc(CNC(C)c2ccc(F)cc2)cc1. The lowest BCUT2D eigenvalue weighted by molar-refractivity contribution is 0.0963. The molecule has 0 heterocycles. The number of hydrogen-bond donors (Lipinski definition) is 2. The molecule has 1 unspecified atom stereocenters. The molecule has 0 aliphatic rings. The van der Waals surface area contributed by atoms with Crippen molar-refractivity contribution in [2.45, 2.75) is 19.5 Å². The highest BCUT2D eigenvalue weighted by molar-refractivity contribution is 5.93. The van der Waals surface area contributed by atoms with Crippen LogP contribution >= 0.6 is 0 Å². The zero-order valence-electron chi connectivity index (χ0n) is 12.2. The number of amides is 1. The van der Waals surface area contributed by atoms with E-state index in [2.05, 4.69) is 10.6 Å². The predicted molar refractivity (Wildman–Crippen MR) is 81.5 cm³/mol. The second kappa shape index (κ2) is 6.99. The Bertz CT molecular complexity index is 593. The molecule has 0 saturated carbocycles. The Balaban J connectivity index is 1.93. The maximum absolute atomic E-state index is 12.9. The summed E-state index contributed by atoms with van der Waals surface area (Å²) < 4.78 is 12.9. The fourth-order valence-electron chi connectivity index (χ4n) is 2.06. The Labute approximate surface area is 124 Å².